The number of hydrogen-bond donors (Lipinski definition) is 0. The van der Waals surface area contributed by atoms with Gasteiger partial charge in [-0.15, -0.1) is 0 Å². The van der Waals surface area contributed by atoms with Crippen molar-refractivity contribution < 1.29 is 19.0 Å². The van der Waals surface area contributed by atoms with Gasteiger partial charge in [0.25, 0.3) is 0 Å². The lowest BCUT2D eigenvalue weighted by Crippen LogP contribution is -2.36. The molecule has 0 bridgehead atoms. The van der Waals surface area contributed by atoms with Crippen molar-refractivity contribution in [3.63, 3.8) is 0 Å². The Morgan fingerprint density at radius 3 is 2.44 bits per heavy atom. The maximum absolute atomic E-state index is 12.5. The quantitative estimate of drug-likeness (QED) is 0.388. The number of carbonyl (C=O) groups is 1. The summed E-state index contributed by atoms with van der Waals surface area (Å²) in [5, 5.41) is 0. The number of imidazole rings is 1. The molecule has 2 aromatic heterocycles. The largest absolute Gasteiger partial charge is 0.493 e. The summed E-state index contributed by atoms with van der Waals surface area (Å²) in [7, 11) is 3.20. The zero-order valence-electron chi connectivity index (χ0n) is 19.2. The van der Waals surface area contributed by atoms with Gasteiger partial charge in [-0.05, 0) is 54.6 Å². The van der Waals surface area contributed by atoms with E-state index in [0.29, 0.717) is 23.0 Å². The fraction of sp³-hybridized carbons (Fsp3) is 0.231. The van der Waals surface area contributed by atoms with Gasteiger partial charge in [-0.1, -0.05) is 6.07 Å². The molecule has 1 amide bonds. The molecule has 0 spiro atoms. The lowest BCUT2D eigenvalue weighted by molar-refractivity contribution is -0.106. The molecule has 1 saturated heterocycles. The van der Waals surface area contributed by atoms with Crippen LogP contribution in [0.3, 0.4) is 0 Å². The summed E-state index contributed by atoms with van der Waals surface area (Å²) in [6, 6.07) is 19.4. The maximum Gasteiger partial charge on any atom is 0.219 e. The second kappa shape index (κ2) is 9.44. The maximum atomic E-state index is 12.5. The van der Waals surface area contributed by atoms with E-state index in [1.54, 1.807) is 19.1 Å². The lowest BCUT2D eigenvalue weighted by Gasteiger charge is -2.29. The topological polar surface area (TPSA) is 68.5 Å². The molecule has 0 N–H and O–H groups in total. The number of aromatic nitrogens is 2. The number of fused-ring (bicyclic) bond motifs is 1. The van der Waals surface area contributed by atoms with Crippen LogP contribution in [0.15, 0.2) is 66.9 Å². The molecular formula is C26H26N4O4. The number of ether oxygens (including phenoxy) is 3. The highest BCUT2D eigenvalue weighted by atomic mass is 16.5. The Kier molecular flexibility index (Phi) is 6.05. The number of anilines is 3. The average molecular weight is 459 g/mol. The third-order valence-corrected chi connectivity index (χ3v) is 6.00. The normalized spacial score (nSPS) is 13.6. The molecular weight excluding hydrogens is 432 g/mol. The van der Waals surface area contributed by atoms with Crippen molar-refractivity contribution in [2.45, 2.75) is 0 Å². The first kappa shape index (κ1) is 21.8. The van der Waals surface area contributed by atoms with E-state index in [1.165, 1.54) is 0 Å². The van der Waals surface area contributed by atoms with Crippen LogP contribution < -0.4 is 19.3 Å². The molecule has 1 aliphatic heterocycles. The number of pyridine rings is 1. The Labute approximate surface area is 197 Å². The van der Waals surface area contributed by atoms with Crippen LogP contribution in [0.2, 0.25) is 0 Å². The van der Waals surface area contributed by atoms with Crippen LogP contribution in [0.5, 0.6) is 11.5 Å². The van der Waals surface area contributed by atoms with Crippen LogP contribution in [0.4, 0.5) is 17.2 Å². The molecule has 0 saturated carbocycles. The minimum Gasteiger partial charge on any atom is -0.493 e. The molecule has 2 aromatic carbocycles. The predicted molar refractivity (Wildman–Crippen MR) is 131 cm³/mol. The second-order valence-electron chi connectivity index (χ2n) is 7.87. The summed E-state index contributed by atoms with van der Waals surface area (Å²) in [5.41, 5.74) is 4.07. The third-order valence-electron chi connectivity index (χ3n) is 6.00. The highest BCUT2D eigenvalue weighted by Crippen LogP contribution is 2.39. The highest BCUT2D eigenvalue weighted by molar-refractivity contribution is 5.93. The van der Waals surface area contributed by atoms with E-state index in [9.17, 15) is 4.79 Å². The number of benzene rings is 2. The molecule has 0 unspecified atom stereocenters. The first-order valence-corrected chi connectivity index (χ1v) is 11.1. The van der Waals surface area contributed by atoms with Crippen LogP contribution in [-0.4, -0.2) is 56.3 Å². The van der Waals surface area contributed by atoms with Crippen molar-refractivity contribution in [1.29, 1.82) is 0 Å². The number of nitrogens with zero attached hydrogens (tertiary/aromatic N) is 4. The molecule has 0 atom stereocenters. The minimum absolute atomic E-state index is 0.593. The van der Waals surface area contributed by atoms with Gasteiger partial charge in [0.2, 0.25) is 6.41 Å². The van der Waals surface area contributed by atoms with Gasteiger partial charge in [-0.3, -0.25) is 14.1 Å². The molecule has 1 fully saturated rings. The zero-order valence-corrected chi connectivity index (χ0v) is 19.2. The summed E-state index contributed by atoms with van der Waals surface area (Å²) in [6.07, 6.45) is 2.73. The predicted octanol–water partition coefficient (Wildman–Crippen LogP) is 4.15. The Hall–Kier alpha value is -4.04. The molecule has 1 aliphatic rings. The van der Waals surface area contributed by atoms with Crippen molar-refractivity contribution in [1.82, 2.24) is 9.38 Å². The van der Waals surface area contributed by atoms with Crippen LogP contribution >= 0.6 is 0 Å². The summed E-state index contributed by atoms with van der Waals surface area (Å²) >= 11 is 0. The number of methoxy groups -OCH3 is 2. The fourth-order valence-electron chi connectivity index (χ4n) is 4.27. The first-order chi connectivity index (χ1) is 16.7. The fourth-order valence-corrected chi connectivity index (χ4v) is 4.27. The van der Waals surface area contributed by atoms with Gasteiger partial charge in [-0.25, -0.2) is 4.98 Å². The van der Waals surface area contributed by atoms with E-state index < -0.39 is 0 Å². The molecule has 34 heavy (non-hydrogen) atoms. The summed E-state index contributed by atoms with van der Waals surface area (Å²) < 4.78 is 18.3. The van der Waals surface area contributed by atoms with E-state index in [4.69, 9.17) is 19.2 Å². The molecule has 4 aromatic rings. The van der Waals surface area contributed by atoms with Gasteiger partial charge < -0.3 is 19.1 Å². The number of amides is 1. The Morgan fingerprint density at radius 2 is 1.74 bits per heavy atom. The van der Waals surface area contributed by atoms with E-state index in [0.717, 1.165) is 55.3 Å². The Balaban J connectivity index is 1.60. The average Bonchev–Trinajstić information content (AvgIpc) is 3.29. The highest BCUT2D eigenvalue weighted by Gasteiger charge is 2.22. The third kappa shape index (κ3) is 3.92. The summed E-state index contributed by atoms with van der Waals surface area (Å²) in [4.78, 5) is 21.2. The first-order valence-electron chi connectivity index (χ1n) is 11.1. The zero-order chi connectivity index (χ0) is 23.5. The van der Waals surface area contributed by atoms with E-state index >= 15 is 0 Å². The smallest absolute Gasteiger partial charge is 0.219 e. The molecule has 8 nitrogen and oxygen atoms in total. The molecule has 3 heterocycles. The number of rotatable bonds is 7. The Bertz CT molecular complexity index is 1300. The molecule has 0 radical (unpaired) electrons. The minimum atomic E-state index is 0.593. The van der Waals surface area contributed by atoms with Gasteiger partial charge in [0, 0.05) is 30.5 Å². The number of carbonyl (C=O) groups excluding carboxylic acids is 1. The second-order valence-corrected chi connectivity index (χ2v) is 7.87. The molecule has 5 rings (SSSR count). The van der Waals surface area contributed by atoms with Gasteiger partial charge >= 0.3 is 0 Å². The van der Waals surface area contributed by atoms with Gasteiger partial charge in [0.05, 0.1) is 33.1 Å². The Morgan fingerprint density at radius 1 is 0.971 bits per heavy atom. The number of hydrogen-bond acceptors (Lipinski definition) is 6. The number of morpholine rings is 1. The van der Waals surface area contributed by atoms with Crippen molar-refractivity contribution in [3.05, 3.63) is 66.9 Å². The molecule has 174 valence electrons. The van der Waals surface area contributed by atoms with E-state index in [-0.39, 0.29) is 0 Å². The van der Waals surface area contributed by atoms with E-state index in [2.05, 4.69) is 4.90 Å². The van der Waals surface area contributed by atoms with Gasteiger partial charge in [-0.2, -0.15) is 0 Å². The summed E-state index contributed by atoms with van der Waals surface area (Å²) in [6.45, 7) is 3.15. The van der Waals surface area contributed by atoms with Crippen molar-refractivity contribution in [2.24, 2.45) is 0 Å². The monoisotopic (exact) mass is 458 g/mol. The van der Waals surface area contributed by atoms with E-state index in [1.807, 2.05) is 71.3 Å². The lowest BCUT2D eigenvalue weighted by atomic mass is 10.1. The van der Waals surface area contributed by atoms with Crippen molar-refractivity contribution in [2.75, 3.05) is 50.3 Å². The van der Waals surface area contributed by atoms with Gasteiger partial charge in [0.1, 0.15) is 11.3 Å². The SMILES string of the molecule is COc1ccc(-c2nc3ccccn3c2N(C=O)c2ccc(N3CCOCC3)cc2)cc1OC. The van der Waals surface area contributed by atoms with Crippen LogP contribution in [0.1, 0.15) is 0 Å². The van der Waals surface area contributed by atoms with Gasteiger partial charge in [0.15, 0.2) is 17.3 Å². The standard InChI is InChI=1S/C26H26N4O4/c1-32-22-11-6-19(17-23(22)33-2)25-26(29-12-4-3-5-24(29)27-25)30(18-31)21-9-7-20(8-10-21)28-13-15-34-16-14-28/h3-12,17-18H,13-16H2,1-2H3. The van der Waals surface area contributed by atoms with Crippen molar-refractivity contribution >= 4 is 29.2 Å². The summed E-state index contributed by atoms with van der Waals surface area (Å²) in [5.74, 6) is 1.87. The van der Waals surface area contributed by atoms with Crippen LogP contribution in [0, 0.1) is 0 Å². The van der Waals surface area contributed by atoms with Crippen molar-refractivity contribution in [3.8, 4) is 22.8 Å². The van der Waals surface area contributed by atoms with Crippen LogP contribution in [-0.2, 0) is 9.53 Å². The molecule has 0 aliphatic carbocycles. The van der Waals surface area contributed by atoms with Crippen LogP contribution in [0.25, 0.3) is 16.9 Å². The molecule has 8 heteroatoms.